The summed E-state index contributed by atoms with van der Waals surface area (Å²) in [5.41, 5.74) is 1.59. The van der Waals surface area contributed by atoms with E-state index in [0.717, 1.165) is 5.56 Å². The Hall–Kier alpha value is -3.22. The van der Waals surface area contributed by atoms with Crippen LogP contribution in [0, 0.1) is 10.1 Å². The Morgan fingerprint density at radius 3 is 2.00 bits per heavy atom. The Morgan fingerprint density at radius 2 is 1.48 bits per heavy atom. The topological polar surface area (TPSA) is 101 Å². The van der Waals surface area contributed by atoms with Gasteiger partial charge in [0, 0.05) is 23.5 Å². The Bertz CT molecular complexity index is 808. The fraction of sp³-hybridized carbons (Fsp3) is 0.222. The van der Waals surface area contributed by atoms with E-state index in [1.807, 2.05) is 12.1 Å². The standard InChI is InChI=1S/C18H19N3O4/c1-18(2,3)12-7-9-13(10-8-12)19-16(22)17(23)20-14-5-4-6-15(11-14)21(24)25/h4-11H,1-3H3,(H,19,22)(H,20,23). The Balaban J connectivity index is 2.02. The van der Waals surface area contributed by atoms with Crippen LogP contribution in [-0.2, 0) is 15.0 Å². The average Bonchev–Trinajstić information content (AvgIpc) is 2.54. The summed E-state index contributed by atoms with van der Waals surface area (Å²) in [5.74, 6) is -1.75. The summed E-state index contributed by atoms with van der Waals surface area (Å²) in [6.45, 7) is 6.23. The van der Waals surface area contributed by atoms with Crippen LogP contribution in [0.2, 0.25) is 0 Å². The number of hydrogen-bond donors (Lipinski definition) is 2. The molecule has 0 saturated heterocycles. The minimum atomic E-state index is -0.902. The fourth-order valence-electron chi connectivity index (χ4n) is 2.13. The second kappa shape index (κ2) is 7.12. The zero-order valence-electron chi connectivity index (χ0n) is 14.2. The highest BCUT2D eigenvalue weighted by Crippen LogP contribution is 2.23. The Morgan fingerprint density at radius 1 is 0.920 bits per heavy atom. The van der Waals surface area contributed by atoms with E-state index < -0.39 is 16.7 Å². The summed E-state index contributed by atoms with van der Waals surface area (Å²) in [6.07, 6.45) is 0. The first-order valence-corrected chi connectivity index (χ1v) is 7.64. The molecule has 7 nitrogen and oxygen atoms in total. The summed E-state index contributed by atoms with van der Waals surface area (Å²) in [5, 5.41) is 15.6. The van der Waals surface area contributed by atoms with Crippen LogP contribution >= 0.6 is 0 Å². The summed E-state index contributed by atoms with van der Waals surface area (Å²) in [7, 11) is 0. The average molecular weight is 341 g/mol. The van der Waals surface area contributed by atoms with Gasteiger partial charge in [0.15, 0.2) is 0 Å². The second-order valence-electron chi connectivity index (χ2n) is 6.54. The molecule has 2 amide bonds. The fourth-order valence-corrected chi connectivity index (χ4v) is 2.13. The van der Waals surface area contributed by atoms with Gasteiger partial charge >= 0.3 is 11.8 Å². The van der Waals surface area contributed by atoms with Crippen LogP contribution in [0.25, 0.3) is 0 Å². The van der Waals surface area contributed by atoms with Crippen LogP contribution in [-0.4, -0.2) is 16.7 Å². The molecular formula is C18H19N3O4. The third-order valence-corrected chi connectivity index (χ3v) is 3.53. The molecule has 2 N–H and O–H groups in total. The molecule has 2 aromatic carbocycles. The molecule has 0 fully saturated rings. The molecule has 0 radical (unpaired) electrons. The van der Waals surface area contributed by atoms with Crippen molar-refractivity contribution in [3.05, 3.63) is 64.2 Å². The van der Waals surface area contributed by atoms with Gasteiger partial charge in [-0.3, -0.25) is 19.7 Å². The second-order valence-corrected chi connectivity index (χ2v) is 6.54. The monoisotopic (exact) mass is 341 g/mol. The number of nitrogens with zero attached hydrogens (tertiary/aromatic N) is 1. The van der Waals surface area contributed by atoms with Gasteiger partial charge in [0.05, 0.1) is 4.92 Å². The molecule has 0 aromatic heterocycles. The largest absolute Gasteiger partial charge is 0.318 e. The molecule has 0 saturated carbocycles. The van der Waals surface area contributed by atoms with Crippen molar-refractivity contribution in [3.63, 3.8) is 0 Å². The van der Waals surface area contributed by atoms with E-state index in [2.05, 4.69) is 31.4 Å². The molecule has 0 atom stereocenters. The lowest BCUT2D eigenvalue weighted by atomic mass is 9.87. The van der Waals surface area contributed by atoms with E-state index >= 15 is 0 Å². The van der Waals surface area contributed by atoms with Gasteiger partial charge in [-0.05, 0) is 29.2 Å². The van der Waals surface area contributed by atoms with E-state index in [0.29, 0.717) is 5.69 Å². The van der Waals surface area contributed by atoms with Gasteiger partial charge in [0.25, 0.3) is 5.69 Å². The van der Waals surface area contributed by atoms with Crippen LogP contribution in [0.15, 0.2) is 48.5 Å². The molecule has 7 heteroatoms. The molecule has 0 aliphatic heterocycles. The molecule has 0 aliphatic rings. The molecule has 2 aromatic rings. The van der Waals surface area contributed by atoms with Crippen molar-refractivity contribution in [2.45, 2.75) is 26.2 Å². The van der Waals surface area contributed by atoms with Crippen LogP contribution in [0.4, 0.5) is 17.1 Å². The van der Waals surface area contributed by atoms with Crippen molar-refractivity contribution in [2.75, 3.05) is 10.6 Å². The lowest BCUT2D eigenvalue weighted by Crippen LogP contribution is -2.29. The predicted molar refractivity (Wildman–Crippen MR) is 95.5 cm³/mol. The van der Waals surface area contributed by atoms with Crippen LogP contribution in [0.3, 0.4) is 0 Å². The number of benzene rings is 2. The third kappa shape index (κ3) is 4.87. The van der Waals surface area contributed by atoms with Crippen molar-refractivity contribution in [1.29, 1.82) is 0 Å². The zero-order valence-corrected chi connectivity index (χ0v) is 14.2. The van der Waals surface area contributed by atoms with Crippen LogP contribution in [0.5, 0.6) is 0 Å². The molecule has 2 rings (SSSR count). The lowest BCUT2D eigenvalue weighted by molar-refractivity contribution is -0.384. The van der Waals surface area contributed by atoms with Gasteiger partial charge in [-0.15, -0.1) is 0 Å². The number of nitro benzene ring substituents is 1. The van der Waals surface area contributed by atoms with Gasteiger partial charge in [-0.25, -0.2) is 0 Å². The van der Waals surface area contributed by atoms with Gasteiger partial charge in [0.1, 0.15) is 0 Å². The minimum Gasteiger partial charge on any atom is -0.318 e. The minimum absolute atomic E-state index is 0.0120. The summed E-state index contributed by atoms with van der Waals surface area (Å²) >= 11 is 0. The Labute approximate surface area is 145 Å². The molecular weight excluding hydrogens is 322 g/mol. The number of amides is 2. The van der Waals surface area contributed by atoms with Gasteiger partial charge in [-0.2, -0.15) is 0 Å². The molecule has 0 unspecified atom stereocenters. The SMILES string of the molecule is CC(C)(C)c1ccc(NC(=O)C(=O)Nc2cccc([N+](=O)[O-])c2)cc1. The summed E-state index contributed by atoms with van der Waals surface area (Å²) in [6, 6.07) is 12.6. The van der Waals surface area contributed by atoms with Gasteiger partial charge in [-0.1, -0.05) is 39.0 Å². The van der Waals surface area contributed by atoms with Crippen molar-refractivity contribution in [1.82, 2.24) is 0 Å². The normalized spacial score (nSPS) is 10.8. The third-order valence-electron chi connectivity index (χ3n) is 3.53. The Kier molecular flexibility index (Phi) is 5.17. The van der Waals surface area contributed by atoms with E-state index in [1.165, 1.54) is 24.3 Å². The number of carbonyl (C=O) groups excluding carboxylic acids is 2. The molecule has 25 heavy (non-hydrogen) atoms. The highest BCUT2D eigenvalue weighted by molar-refractivity contribution is 6.43. The van der Waals surface area contributed by atoms with E-state index in [9.17, 15) is 19.7 Å². The number of nitrogens with one attached hydrogen (secondary N) is 2. The summed E-state index contributed by atoms with van der Waals surface area (Å²) in [4.78, 5) is 34.0. The first kappa shape index (κ1) is 18.1. The molecule has 0 heterocycles. The van der Waals surface area contributed by atoms with E-state index in [4.69, 9.17) is 0 Å². The maximum Gasteiger partial charge on any atom is 0.314 e. The van der Waals surface area contributed by atoms with Crippen molar-refractivity contribution >= 4 is 28.9 Å². The van der Waals surface area contributed by atoms with Crippen molar-refractivity contribution < 1.29 is 14.5 Å². The number of anilines is 2. The number of nitro groups is 1. The van der Waals surface area contributed by atoms with Crippen molar-refractivity contribution in [3.8, 4) is 0 Å². The summed E-state index contributed by atoms with van der Waals surface area (Å²) < 4.78 is 0. The molecule has 130 valence electrons. The molecule has 0 aliphatic carbocycles. The smallest absolute Gasteiger partial charge is 0.314 e. The highest BCUT2D eigenvalue weighted by atomic mass is 16.6. The zero-order chi connectivity index (χ0) is 18.6. The van der Waals surface area contributed by atoms with Crippen LogP contribution in [0.1, 0.15) is 26.3 Å². The van der Waals surface area contributed by atoms with Gasteiger partial charge in [0.2, 0.25) is 0 Å². The maximum atomic E-state index is 12.0. The number of carbonyl (C=O) groups is 2. The van der Waals surface area contributed by atoms with E-state index in [-0.39, 0.29) is 16.8 Å². The van der Waals surface area contributed by atoms with Crippen LogP contribution < -0.4 is 10.6 Å². The predicted octanol–water partition coefficient (Wildman–Crippen LogP) is 3.47. The molecule has 0 bridgehead atoms. The first-order valence-electron chi connectivity index (χ1n) is 7.64. The molecule has 0 spiro atoms. The van der Waals surface area contributed by atoms with Crippen molar-refractivity contribution in [2.24, 2.45) is 0 Å². The van der Waals surface area contributed by atoms with Gasteiger partial charge < -0.3 is 10.6 Å². The number of non-ortho nitro benzene ring substituents is 1. The first-order chi connectivity index (χ1) is 11.7. The lowest BCUT2D eigenvalue weighted by Gasteiger charge is -2.19. The number of rotatable bonds is 3. The number of hydrogen-bond acceptors (Lipinski definition) is 4. The maximum absolute atomic E-state index is 12.0. The highest BCUT2D eigenvalue weighted by Gasteiger charge is 2.17. The van der Waals surface area contributed by atoms with E-state index in [1.54, 1.807) is 12.1 Å². The quantitative estimate of drug-likeness (QED) is 0.507.